The maximum absolute atomic E-state index is 11.4. The Labute approximate surface area is 215 Å². The van der Waals surface area contributed by atoms with Crippen molar-refractivity contribution in [1.29, 1.82) is 0 Å². The van der Waals surface area contributed by atoms with Gasteiger partial charge in [-0.25, -0.2) is 14.8 Å². The predicted octanol–water partition coefficient (Wildman–Crippen LogP) is 5.75. The number of hydrogen-bond donors (Lipinski definition) is 2. The molecule has 4 bridgehead atoms. The molecule has 194 valence electrons. The number of carbonyl (C=O) groups is 1. The van der Waals surface area contributed by atoms with Crippen molar-refractivity contribution in [2.24, 2.45) is 17.8 Å². The number of aromatic amines is 1. The Morgan fingerprint density at radius 1 is 1.00 bits per heavy atom. The van der Waals surface area contributed by atoms with Crippen molar-refractivity contribution in [3.63, 3.8) is 0 Å². The van der Waals surface area contributed by atoms with Crippen LogP contribution in [0.2, 0.25) is 0 Å². The van der Waals surface area contributed by atoms with Crippen molar-refractivity contribution in [3.05, 3.63) is 35.4 Å². The zero-order valence-electron chi connectivity index (χ0n) is 21.0. The average molecular weight is 504 g/mol. The summed E-state index contributed by atoms with van der Waals surface area (Å²) < 4.78 is 12.8. The van der Waals surface area contributed by atoms with Crippen molar-refractivity contribution in [2.75, 3.05) is 0 Å². The van der Waals surface area contributed by atoms with Crippen LogP contribution in [0.4, 0.5) is 0 Å². The second-order valence-electron chi connectivity index (χ2n) is 11.8. The number of imidazole rings is 1. The van der Waals surface area contributed by atoms with Crippen molar-refractivity contribution >= 4 is 5.97 Å². The van der Waals surface area contributed by atoms with Gasteiger partial charge < -0.3 is 19.2 Å². The second-order valence-corrected chi connectivity index (χ2v) is 11.8. The van der Waals surface area contributed by atoms with Crippen LogP contribution >= 0.6 is 0 Å². The number of nitrogens with zero attached hydrogens (tertiary/aromatic N) is 4. The zero-order valence-corrected chi connectivity index (χ0v) is 21.0. The van der Waals surface area contributed by atoms with E-state index in [1.54, 1.807) is 12.1 Å². The number of ether oxygens (including phenoxy) is 1. The molecule has 0 unspecified atom stereocenters. The van der Waals surface area contributed by atoms with Crippen molar-refractivity contribution < 1.29 is 19.1 Å². The fourth-order valence-corrected chi connectivity index (χ4v) is 7.81. The van der Waals surface area contributed by atoms with Crippen molar-refractivity contribution in [1.82, 2.24) is 25.1 Å². The Bertz CT molecular complexity index is 1270. The minimum Gasteiger partial charge on any atom is -0.477 e. The Kier molecular flexibility index (Phi) is 5.64. The van der Waals surface area contributed by atoms with Crippen LogP contribution < -0.4 is 0 Å². The van der Waals surface area contributed by atoms with E-state index in [0.29, 0.717) is 29.8 Å². The van der Waals surface area contributed by atoms with Crippen LogP contribution in [0.15, 0.2) is 22.6 Å². The molecule has 0 aromatic carbocycles. The Hall–Kier alpha value is -3.07. The summed E-state index contributed by atoms with van der Waals surface area (Å²) in [6.07, 6.45) is 13.6. The van der Waals surface area contributed by atoms with E-state index < -0.39 is 5.97 Å². The van der Waals surface area contributed by atoms with Crippen molar-refractivity contribution in [3.8, 4) is 23.2 Å². The minimum absolute atomic E-state index is 0.0106. The van der Waals surface area contributed by atoms with E-state index in [9.17, 15) is 9.90 Å². The lowest BCUT2D eigenvalue weighted by Gasteiger charge is -2.56. The number of rotatable bonds is 7. The lowest BCUT2D eigenvalue weighted by Crippen LogP contribution is -2.51. The van der Waals surface area contributed by atoms with Crippen molar-refractivity contribution in [2.45, 2.75) is 88.8 Å². The predicted molar refractivity (Wildman–Crippen MR) is 134 cm³/mol. The molecule has 0 aliphatic heterocycles. The molecule has 5 fully saturated rings. The molecule has 3 aromatic heterocycles. The van der Waals surface area contributed by atoms with Crippen LogP contribution in [0.1, 0.15) is 98.6 Å². The van der Waals surface area contributed by atoms with Gasteiger partial charge in [-0.05, 0) is 81.3 Å². The summed E-state index contributed by atoms with van der Waals surface area (Å²) in [6, 6.07) is 4.72. The number of pyridine rings is 1. The summed E-state index contributed by atoms with van der Waals surface area (Å²) in [4.78, 5) is 24.1. The highest BCUT2D eigenvalue weighted by molar-refractivity contribution is 5.85. The summed E-state index contributed by atoms with van der Waals surface area (Å²) in [5.74, 6) is 3.21. The third kappa shape index (κ3) is 4.37. The quantitative estimate of drug-likeness (QED) is 0.417. The average Bonchev–Trinajstić information content (AvgIpc) is 3.55. The van der Waals surface area contributed by atoms with Gasteiger partial charge in [-0.1, -0.05) is 25.3 Å². The highest BCUT2D eigenvalue weighted by atomic mass is 16.5. The van der Waals surface area contributed by atoms with Gasteiger partial charge in [0, 0.05) is 5.92 Å². The number of carboxylic acid groups (broad SMARTS) is 1. The van der Waals surface area contributed by atoms with Crippen LogP contribution in [0.25, 0.3) is 23.2 Å². The van der Waals surface area contributed by atoms with Gasteiger partial charge in [-0.3, -0.25) is 0 Å². The number of hydrogen-bond acceptors (Lipinski definition) is 7. The zero-order chi connectivity index (χ0) is 25.0. The molecule has 9 heteroatoms. The SMILES string of the molecule is O=C(O)c1cccc(-c2nnc(-c3nc(C4CCCCC4)[nH]c3COC34CC5CC(CC(C5)C3)C4)o2)n1. The molecule has 9 nitrogen and oxygen atoms in total. The molecular weight excluding hydrogens is 470 g/mol. The molecule has 0 amide bonds. The first kappa shape index (κ1) is 23.1. The maximum Gasteiger partial charge on any atom is 0.354 e. The lowest BCUT2D eigenvalue weighted by atomic mass is 9.54. The lowest BCUT2D eigenvalue weighted by molar-refractivity contribution is -0.169. The third-order valence-electron chi connectivity index (χ3n) is 9.11. The highest BCUT2D eigenvalue weighted by Crippen LogP contribution is 2.57. The number of carboxylic acids is 1. The normalized spacial score (nSPS) is 29.1. The standard InChI is InChI=1S/C28H33N5O4/c34-27(35)21-8-4-7-20(29-21)25-32-33-26(37-25)23-22(30-24(31-23)19-5-2-1-3-6-19)15-36-28-12-16-9-17(13-28)11-18(10-16)14-28/h4,7-8,16-19H,1-3,5-6,9-15H2,(H,30,31)(H,34,35). The number of aromatic carboxylic acids is 1. The summed E-state index contributed by atoms with van der Waals surface area (Å²) in [7, 11) is 0. The molecule has 3 aromatic rings. The molecule has 0 radical (unpaired) electrons. The first-order chi connectivity index (χ1) is 18.0. The minimum atomic E-state index is -1.10. The fourth-order valence-electron chi connectivity index (χ4n) is 7.81. The number of nitrogens with one attached hydrogen (secondary N) is 1. The topological polar surface area (TPSA) is 127 Å². The Morgan fingerprint density at radius 2 is 1.70 bits per heavy atom. The van der Waals surface area contributed by atoms with E-state index in [1.165, 1.54) is 63.9 Å². The van der Waals surface area contributed by atoms with Gasteiger partial charge in [0.15, 0.2) is 5.69 Å². The van der Waals surface area contributed by atoms with Crippen LogP contribution in [0.5, 0.6) is 0 Å². The smallest absolute Gasteiger partial charge is 0.354 e. The molecule has 0 spiro atoms. The van der Waals surface area contributed by atoms with Crippen LogP contribution in [0, 0.1) is 17.8 Å². The molecular formula is C28H33N5O4. The first-order valence-electron chi connectivity index (χ1n) is 13.8. The van der Waals surface area contributed by atoms with E-state index in [2.05, 4.69) is 20.2 Å². The van der Waals surface area contributed by atoms with Gasteiger partial charge in [0.1, 0.15) is 17.2 Å². The molecule has 3 heterocycles. The molecule has 8 rings (SSSR count). The Balaban J connectivity index is 1.18. The number of H-pyrrole nitrogens is 1. The molecule has 5 aliphatic rings. The monoisotopic (exact) mass is 503 g/mol. The molecule has 2 N–H and O–H groups in total. The summed E-state index contributed by atoms with van der Waals surface area (Å²) in [5, 5.41) is 17.8. The van der Waals surface area contributed by atoms with Gasteiger partial charge in [0.05, 0.1) is 17.9 Å². The molecule has 37 heavy (non-hydrogen) atoms. The third-order valence-corrected chi connectivity index (χ3v) is 9.11. The van der Waals surface area contributed by atoms with Gasteiger partial charge in [0.25, 0.3) is 11.8 Å². The van der Waals surface area contributed by atoms with E-state index in [0.717, 1.165) is 42.1 Å². The van der Waals surface area contributed by atoms with Gasteiger partial charge in [-0.2, -0.15) is 0 Å². The van der Waals surface area contributed by atoms with E-state index >= 15 is 0 Å². The first-order valence-corrected chi connectivity index (χ1v) is 13.8. The molecule has 0 saturated heterocycles. The van der Waals surface area contributed by atoms with E-state index in [4.69, 9.17) is 14.1 Å². The molecule has 5 aliphatic carbocycles. The summed E-state index contributed by atoms with van der Waals surface area (Å²) in [6.45, 7) is 0.450. The molecule has 0 atom stereocenters. The number of aromatic nitrogens is 5. The second kappa shape index (κ2) is 9.04. The summed E-state index contributed by atoms with van der Waals surface area (Å²) in [5.41, 5.74) is 1.77. The van der Waals surface area contributed by atoms with E-state index in [-0.39, 0.29) is 17.2 Å². The summed E-state index contributed by atoms with van der Waals surface area (Å²) >= 11 is 0. The molecule has 5 saturated carbocycles. The van der Waals surface area contributed by atoms with Gasteiger partial charge in [-0.15, -0.1) is 10.2 Å². The van der Waals surface area contributed by atoms with Crippen LogP contribution in [0.3, 0.4) is 0 Å². The highest BCUT2D eigenvalue weighted by Gasteiger charge is 2.51. The van der Waals surface area contributed by atoms with Crippen LogP contribution in [-0.2, 0) is 11.3 Å². The van der Waals surface area contributed by atoms with E-state index in [1.807, 2.05) is 0 Å². The fraction of sp³-hybridized carbons (Fsp3) is 0.607. The van der Waals surface area contributed by atoms with Crippen LogP contribution in [-0.4, -0.2) is 41.8 Å². The Morgan fingerprint density at radius 3 is 2.41 bits per heavy atom. The maximum atomic E-state index is 11.4. The van der Waals surface area contributed by atoms with Gasteiger partial charge >= 0.3 is 5.97 Å². The van der Waals surface area contributed by atoms with Gasteiger partial charge in [0.2, 0.25) is 0 Å². The largest absolute Gasteiger partial charge is 0.477 e.